The van der Waals surface area contributed by atoms with E-state index in [0.29, 0.717) is 16.1 Å². The molecule has 0 saturated carbocycles. The number of hydrogen-bond donors (Lipinski definition) is 2. The van der Waals surface area contributed by atoms with Crippen molar-refractivity contribution in [2.75, 3.05) is 5.43 Å². The number of benzene rings is 1. The number of nitrogen functional groups attached to an aromatic ring is 1. The molecule has 1 aromatic heterocycles. The lowest BCUT2D eigenvalue weighted by Gasteiger charge is -2.09. The van der Waals surface area contributed by atoms with Gasteiger partial charge >= 0.3 is 0 Å². The fourth-order valence-electron chi connectivity index (χ4n) is 1.15. The van der Waals surface area contributed by atoms with Crippen LogP contribution >= 0.6 is 47.8 Å². The molecule has 0 aliphatic rings. The van der Waals surface area contributed by atoms with Gasteiger partial charge in [0, 0.05) is 4.47 Å². The first-order valence-electron chi connectivity index (χ1n) is 4.72. The summed E-state index contributed by atoms with van der Waals surface area (Å²) in [6, 6.07) is 5.57. The Kier molecular flexibility index (Phi) is 4.55. The number of hydrazine groups is 1. The zero-order chi connectivity index (χ0) is 13.1. The predicted molar refractivity (Wildman–Crippen MR) is 79.5 cm³/mol. The van der Waals surface area contributed by atoms with Crippen LogP contribution in [0.2, 0.25) is 0 Å². The van der Waals surface area contributed by atoms with E-state index in [4.69, 9.17) is 10.6 Å². The van der Waals surface area contributed by atoms with E-state index in [1.54, 1.807) is 6.20 Å². The minimum absolute atomic E-state index is 0.279. The third-order valence-corrected chi connectivity index (χ3v) is 3.60. The van der Waals surface area contributed by atoms with Crippen molar-refractivity contribution < 1.29 is 4.74 Å². The van der Waals surface area contributed by atoms with E-state index in [0.717, 1.165) is 8.95 Å². The summed E-state index contributed by atoms with van der Waals surface area (Å²) in [5, 5.41) is 0. The third kappa shape index (κ3) is 3.19. The topological polar surface area (TPSA) is 73.1 Å². The molecule has 5 nitrogen and oxygen atoms in total. The van der Waals surface area contributed by atoms with Crippen LogP contribution in [0.5, 0.6) is 11.6 Å². The summed E-state index contributed by atoms with van der Waals surface area (Å²) in [4.78, 5) is 8.04. The molecule has 0 aliphatic heterocycles. The smallest absolute Gasteiger partial charge is 0.240 e. The molecule has 0 bridgehead atoms. The molecular weight excluding hydrogens is 432 g/mol. The first-order valence-corrected chi connectivity index (χ1v) is 7.10. The van der Waals surface area contributed by atoms with Gasteiger partial charge in [-0.25, -0.2) is 10.8 Å². The summed E-state index contributed by atoms with van der Waals surface area (Å²) in [5.41, 5.74) is 2.36. The van der Waals surface area contributed by atoms with Crippen LogP contribution in [0.1, 0.15) is 0 Å². The van der Waals surface area contributed by atoms with Gasteiger partial charge in [-0.2, -0.15) is 4.98 Å². The summed E-state index contributed by atoms with van der Waals surface area (Å²) in [6.07, 6.45) is 1.56. The minimum atomic E-state index is 0.279. The van der Waals surface area contributed by atoms with Crippen LogP contribution in [-0.4, -0.2) is 9.97 Å². The zero-order valence-corrected chi connectivity index (χ0v) is 13.6. The summed E-state index contributed by atoms with van der Waals surface area (Å²) < 4.78 is 8.07. The Morgan fingerprint density at radius 1 is 1.17 bits per heavy atom. The monoisotopic (exact) mass is 436 g/mol. The van der Waals surface area contributed by atoms with Crippen molar-refractivity contribution in [2.45, 2.75) is 0 Å². The molecule has 1 heterocycles. The van der Waals surface area contributed by atoms with Crippen molar-refractivity contribution in [1.82, 2.24) is 9.97 Å². The predicted octanol–water partition coefficient (Wildman–Crippen LogP) is 3.84. The fourth-order valence-corrected chi connectivity index (χ4v) is 2.55. The van der Waals surface area contributed by atoms with Gasteiger partial charge in [-0.15, -0.1) is 0 Å². The van der Waals surface area contributed by atoms with E-state index < -0.39 is 0 Å². The number of nitrogens with two attached hydrogens (primary N) is 1. The highest BCUT2D eigenvalue weighted by atomic mass is 79.9. The minimum Gasteiger partial charge on any atom is -0.437 e. The van der Waals surface area contributed by atoms with Gasteiger partial charge in [0.2, 0.25) is 11.8 Å². The van der Waals surface area contributed by atoms with Crippen molar-refractivity contribution in [3.05, 3.63) is 37.8 Å². The molecule has 2 rings (SSSR count). The van der Waals surface area contributed by atoms with Crippen LogP contribution < -0.4 is 16.0 Å². The van der Waals surface area contributed by atoms with Crippen molar-refractivity contribution in [2.24, 2.45) is 5.84 Å². The highest BCUT2D eigenvalue weighted by molar-refractivity contribution is 9.11. The largest absolute Gasteiger partial charge is 0.437 e. The van der Waals surface area contributed by atoms with Crippen LogP contribution in [0, 0.1) is 0 Å². The molecular formula is C10H7Br3N4O. The molecule has 18 heavy (non-hydrogen) atoms. The molecule has 0 aliphatic carbocycles. The molecule has 2 aromatic rings. The van der Waals surface area contributed by atoms with Gasteiger partial charge in [0.05, 0.1) is 15.1 Å². The quantitative estimate of drug-likeness (QED) is 0.562. The Bertz CT molecular complexity index is 579. The van der Waals surface area contributed by atoms with Gasteiger partial charge in [-0.3, -0.25) is 5.43 Å². The maximum atomic E-state index is 5.68. The third-order valence-electron chi connectivity index (χ3n) is 1.94. The number of anilines is 1. The number of nitrogens with zero attached hydrogens (tertiary/aromatic N) is 2. The summed E-state index contributed by atoms with van der Waals surface area (Å²) in [5.74, 6) is 6.55. The van der Waals surface area contributed by atoms with Crippen LogP contribution in [-0.2, 0) is 0 Å². The molecule has 0 unspecified atom stereocenters. The fraction of sp³-hybridized carbons (Fsp3) is 0. The lowest BCUT2D eigenvalue weighted by atomic mass is 10.3. The van der Waals surface area contributed by atoms with Gasteiger partial charge in [0.15, 0.2) is 0 Å². The zero-order valence-electron chi connectivity index (χ0n) is 8.82. The summed E-state index contributed by atoms with van der Waals surface area (Å²) >= 11 is 10.1. The van der Waals surface area contributed by atoms with Crippen molar-refractivity contribution in [3.63, 3.8) is 0 Å². The average molecular weight is 439 g/mol. The molecule has 0 atom stereocenters. The Morgan fingerprint density at radius 3 is 2.61 bits per heavy atom. The number of aromatic nitrogens is 2. The molecule has 94 valence electrons. The maximum Gasteiger partial charge on any atom is 0.240 e. The first kappa shape index (κ1) is 13.7. The molecule has 1 aromatic carbocycles. The van der Waals surface area contributed by atoms with E-state index in [1.807, 2.05) is 18.2 Å². The van der Waals surface area contributed by atoms with Crippen LogP contribution in [0.3, 0.4) is 0 Å². The van der Waals surface area contributed by atoms with E-state index >= 15 is 0 Å². The molecule has 0 spiro atoms. The number of hydrogen-bond acceptors (Lipinski definition) is 5. The van der Waals surface area contributed by atoms with Gasteiger partial charge in [-0.05, 0) is 50.1 Å². The van der Waals surface area contributed by atoms with E-state index in [2.05, 4.69) is 63.2 Å². The van der Waals surface area contributed by atoms with Gasteiger partial charge < -0.3 is 4.74 Å². The van der Waals surface area contributed by atoms with Gasteiger partial charge in [0.25, 0.3) is 0 Å². The Hall–Kier alpha value is -0.700. The second-order valence-corrected chi connectivity index (χ2v) is 5.79. The van der Waals surface area contributed by atoms with E-state index in [1.165, 1.54) is 0 Å². The molecule has 0 radical (unpaired) electrons. The first-order chi connectivity index (χ1) is 8.60. The SMILES string of the molecule is NNc1ncc(Br)c(Oc2ccc(Br)cc2Br)n1. The maximum absolute atomic E-state index is 5.68. The molecule has 8 heteroatoms. The lowest BCUT2D eigenvalue weighted by molar-refractivity contribution is 0.456. The Labute approximate surface area is 129 Å². The molecule has 0 saturated heterocycles. The van der Waals surface area contributed by atoms with Crippen LogP contribution in [0.25, 0.3) is 0 Å². The van der Waals surface area contributed by atoms with Crippen LogP contribution in [0.4, 0.5) is 5.95 Å². The second kappa shape index (κ2) is 5.96. The average Bonchev–Trinajstić information content (AvgIpc) is 2.35. The van der Waals surface area contributed by atoms with Crippen LogP contribution in [0.15, 0.2) is 37.8 Å². The highest BCUT2D eigenvalue weighted by Crippen LogP contribution is 2.34. The highest BCUT2D eigenvalue weighted by Gasteiger charge is 2.09. The normalized spacial score (nSPS) is 10.2. The molecule has 0 amide bonds. The number of rotatable bonds is 3. The number of ether oxygens (including phenoxy) is 1. The summed E-state index contributed by atoms with van der Waals surface area (Å²) in [6.45, 7) is 0. The number of nitrogens with one attached hydrogen (secondary N) is 1. The van der Waals surface area contributed by atoms with Crippen molar-refractivity contribution in [1.29, 1.82) is 0 Å². The molecule has 0 fully saturated rings. The molecule has 3 N–H and O–H groups in total. The lowest BCUT2D eigenvalue weighted by Crippen LogP contribution is -2.10. The van der Waals surface area contributed by atoms with E-state index in [-0.39, 0.29) is 5.95 Å². The van der Waals surface area contributed by atoms with Gasteiger partial charge in [0.1, 0.15) is 5.75 Å². The van der Waals surface area contributed by atoms with E-state index in [9.17, 15) is 0 Å². The van der Waals surface area contributed by atoms with Gasteiger partial charge in [-0.1, -0.05) is 15.9 Å². The van der Waals surface area contributed by atoms with Crippen molar-refractivity contribution >= 4 is 53.7 Å². The Balaban J connectivity index is 2.33. The Morgan fingerprint density at radius 2 is 1.94 bits per heavy atom. The summed E-state index contributed by atoms with van der Waals surface area (Å²) in [7, 11) is 0. The standard InChI is InChI=1S/C10H7Br3N4O/c11-5-1-2-8(6(12)3-5)18-9-7(13)4-15-10(16-9)17-14/h1-4H,14H2,(H,15,16,17). The number of halogens is 3. The second-order valence-electron chi connectivity index (χ2n) is 3.17. The van der Waals surface area contributed by atoms with Crippen molar-refractivity contribution in [3.8, 4) is 11.6 Å².